The summed E-state index contributed by atoms with van der Waals surface area (Å²) in [6.07, 6.45) is 0.625. The van der Waals surface area contributed by atoms with Crippen LogP contribution in [0.15, 0.2) is 54.6 Å². The van der Waals surface area contributed by atoms with Gasteiger partial charge in [0.25, 0.3) is 5.91 Å². The standard InChI is InChI=1S/C26H33N5O2/c1-19(2)22-12-8-9-13-23(22)31-20(3)27-24(28-31)25(32)29(4)17-26(33)14-15-30(18-26)16-21-10-6-5-7-11-21/h5-13,19,33H,14-18H2,1-4H3/t26-/m1/s1. The Hall–Kier alpha value is -3.03. The van der Waals surface area contributed by atoms with Gasteiger partial charge in [0.15, 0.2) is 0 Å². The minimum atomic E-state index is -0.943. The molecule has 1 N–H and O–H groups in total. The number of para-hydroxylation sites is 1. The Morgan fingerprint density at radius 2 is 1.85 bits per heavy atom. The van der Waals surface area contributed by atoms with Gasteiger partial charge in [-0.05, 0) is 36.5 Å². The van der Waals surface area contributed by atoms with E-state index in [-0.39, 0.29) is 18.3 Å². The molecule has 1 fully saturated rings. The number of hydrogen-bond acceptors (Lipinski definition) is 5. The maximum Gasteiger partial charge on any atom is 0.293 e. The molecule has 0 saturated carbocycles. The number of aromatic nitrogens is 3. The number of amides is 1. The van der Waals surface area contributed by atoms with Gasteiger partial charge >= 0.3 is 0 Å². The first kappa shape index (κ1) is 23.1. The summed E-state index contributed by atoms with van der Waals surface area (Å²) in [5.41, 5.74) is 2.36. The van der Waals surface area contributed by atoms with Crippen molar-refractivity contribution in [3.05, 3.63) is 77.4 Å². The molecule has 0 radical (unpaired) electrons. The van der Waals surface area contributed by atoms with Crippen molar-refractivity contribution in [2.24, 2.45) is 0 Å². The zero-order valence-electron chi connectivity index (χ0n) is 19.9. The highest BCUT2D eigenvalue weighted by Gasteiger charge is 2.38. The van der Waals surface area contributed by atoms with E-state index in [2.05, 4.69) is 47.0 Å². The molecule has 174 valence electrons. The van der Waals surface area contributed by atoms with Crippen LogP contribution in [0, 0.1) is 6.92 Å². The first-order valence-corrected chi connectivity index (χ1v) is 11.5. The van der Waals surface area contributed by atoms with Crippen molar-refractivity contribution in [2.75, 3.05) is 26.7 Å². The monoisotopic (exact) mass is 447 g/mol. The Balaban J connectivity index is 1.44. The predicted molar refractivity (Wildman–Crippen MR) is 128 cm³/mol. The van der Waals surface area contributed by atoms with Gasteiger partial charge in [-0.25, -0.2) is 9.67 Å². The predicted octanol–water partition coefficient (Wildman–Crippen LogP) is 3.41. The van der Waals surface area contributed by atoms with Crippen LogP contribution in [0.1, 0.15) is 53.8 Å². The summed E-state index contributed by atoms with van der Waals surface area (Å²) in [6, 6.07) is 18.3. The topological polar surface area (TPSA) is 74.5 Å². The normalized spacial score (nSPS) is 18.7. The minimum Gasteiger partial charge on any atom is -0.387 e. The Morgan fingerprint density at radius 1 is 1.15 bits per heavy atom. The lowest BCUT2D eigenvalue weighted by Gasteiger charge is -2.28. The molecular weight excluding hydrogens is 414 g/mol. The second-order valence-corrected chi connectivity index (χ2v) is 9.44. The molecule has 0 bridgehead atoms. The van der Waals surface area contributed by atoms with E-state index in [4.69, 9.17) is 0 Å². The van der Waals surface area contributed by atoms with E-state index in [0.29, 0.717) is 24.7 Å². The van der Waals surface area contributed by atoms with Crippen LogP contribution in [0.25, 0.3) is 5.69 Å². The van der Waals surface area contributed by atoms with Crippen LogP contribution in [0.5, 0.6) is 0 Å². The maximum absolute atomic E-state index is 13.1. The van der Waals surface area contributed by atoms with Gasteiger partial charge in [-0.15, -0.1) is 5.10 Å². The molecule has 7 nitrogen and oxygen atoms in total. The number of rotatable bonds is 7. The molecule has 2 heterocycles. The van der Waals surface area contributed by atoms with Gasteiger partial charge in [-0.2, -0.15) is 0 Å². The molecule has 1 aliphatic rings. The lowest BCUT2D eigenvalue weighted by molar-refractivity contribution is 0.0166. The number of β-amino-alcohol motifs (C(OH)–C–C–N with tert-alkyl or cyclic N) is 1. The van der Waals surface area contributed by atoms with Crippen LogP contribution in [0.4, 0.5) is 0 Å². The number of nitrogens with zero attached hydrogens (tertiary/aromatic N) is 5. The van der Waals surface area contributed by atoms with Gasteiger partial charge in [0.1, 0.15) is 5.82 Å². The fourth-order valence-corrected chi connectivity index (χ4v) is 4.61. The van der Waals surface area contributed by atoms with Crippen molar-refractivity contribution < 1.29 is 9.90 Å². The summed E-state index contributed by atoms with van der Waals surface area (Å²) in [5, 5.41) is 15.7. The van der Waals surface area contributed by atoms with E-state index < -0.39 is 5.60 Å². The molecule has 0 unspecified atom stereocenters. The summed E-state index contributed by atoms with van der Waals surface area (Å²) in [6.45, 7) is 8.48. The van der Waals surface area contributed by atoms with Crippen molar-refractivity contribution in [2.45, 2.75) is 45.3 Å². The van der Waals surface area contributed by atoms with Crippen LogP contribution in [-0.4, -0.2) is 67.9 Å². The molecule has 1 aliphatic heterocycles. The zero-order chi connectivity index (χ0) is 23.6. The van der Waals surface area contributed by atoms with Crippen molar-refractivity contribution in [3.63, 3.8) is 0 Å². The van der Waals surface area contributed by atoms with E-state index in [1.54, 1.807) is 16.6 Å². The molecule has 1 aromatic heterocycles. The average Bonchev–Trinajstić information content (AvgIpc) is 3.36. The fourth-order valence-electron chi connectivity index (χ4n) is 4.61. The minimum absolute atomic E-state index is 0.149. The lowest BCUT2D eigenvalue weighted by atomic mass is 10.0. The number of benzene rings is 2. The van der Waals surface area contributed by atoms with E-state index in [9.17, 15) is 9.90 Å². The highest BCUT2D eigenvalue weighted by Crippen LogP contribution is 2.25. The van der Waals surface area contributed by atoms with E-state index >= 15 is 0 Å². The Morgan fingerprint density at radius 3 is 2.58 bits per heavy atom. The first-order valence-electron chi connectivity index (χ1n) is 11.5. The van der Waals surface area contributed by atoms with Crippen LogP contribution in [0.3, 0.4) is 0 Å². The molecule has 4 rings (SSSR count). The third-order valence-electron chi connectivity index (χ3n) is 6.29. The summed E-state index contributed by atoms with van der Waals surface area (Å²) in [4.78, 5) is 21.3. The van der Waals surface area contributed by atoms with Gasteiger partial charge in [0.05, 0.1) is 17.8 Å². The average molecular weight is 448 g/mol. The van der Waals surface area contributed by atoms with Gasteiger partial charge in [0, 0.05) is 26.7 Å². The summed E-state index contributed by atoms with van der Waals surface area (Å²) in [7, 11) is 1.71. The van der Waals surface area contributed by atoms with Gasteiger partial charge in [0.2, 0.25) is 5.82 Å². The maximum atomic E-state index is 13.1. The number of carbonyl (C=O) groups excluding carboxylic acids is 1. The number of likely N-dealkylation sites (tertiary alicyclic amines) is 1. The molecule has 1 amide bonds. The Labute approximate surface area is 195 Å². The van der Waals surface area contributed by atoms with E-state index in [1.807, 2.05) is 43.3 Å². The number of aliphatic hydroxyl groups is 1. The van der Waals surface area contributed by atoms with Crippen molar-refractivity contribution >= 4 is 5.91 Å². The van der Waals surface area contributed by atoms with E-state index in [1.165, 1.54) is 5.56 Å². The molecule has 2 aromatic carbocycles. The Kier molecular flexibility index (Phi) is 6.63. The third kappa shape index (κ3) is 5.15. The SMILES string of the molecule is Cc1nc(C(=O)N(C)C[C@]2(O)CCN(Cc3ccccc3)C2)nn1-c1ccccc1C(C)C. The van der Waals surface area contributed by atoms with Crippen LogP contribution < -0.4 is 0 Å². The number of hydrogen-bond donors (Lipinski definition) is 1. The van der Waals surface area contributed by atoms with Gasteiger partial charge < -0.3 is 10.0 Å². The molecule has 1 atom stereocenters. The van der Waals surface area contributed by atoms with Crippen molar-refractivity contribution in [3.8, 4) is 5.69 Å². The summed E-state index contributed by atoms with van der Waals surface area (Å²) >= 11 is 0. The molecule has 1 saturated heterocycles. The quantitative estimate of drug-likeness (QED) is 0.601. The molecule has 7 heteroatoms. The fraction of sp³-hybridized carbons (Fsp3) is 0.423. The molecule has 3 aromatic rings. The van der Waals surface area contributed by atoms with Crippen molar-refractivity contribution in [1.82, 2.24) is 24.6 Å². The van der Waals surface area contributed by atoms with Crippen LogP contribution >= 0.6 is 0 Å². The smallest absolute Gasteiger partial charge is 0.293 e. The Bertz CT molecular complexity index is 1110. The lowest BCUT2D eigenvalue weighted by Crippen LogP contribution is -2.46. The van der Waals surface area contributed by atoms with Crippen molar-refractivity contribution in [1.29, 1.82) is 0 Å². The summed E-state index contributed by atoms with van der Waals surface area (Å²) < 4.78 is 1.74. The molecule has 0 spiro atoms. The van der Waals surface area contributed by atoms with Gasteiger partial charge in [-0.1, -0.05) is 62.4 Å². The highest BCUT2D eigenvalue weighted by atomic mass is 16.3. The molecular formula is C26H33N5O2. The van der Waals surface area contributed by atoms with Gasteiger partial charge in [-0.3, -0.25) is 9.69 Å². The first-order chi connectivity index (χ1) is 15.8. The summed E-state index contributed by atoms with van der Waals surface area (Å²) in [5.74, 6) is 0.848. The van der Waals surface area contributed by atoms with E-state index in [0.717, 1.165) is 24.3 Å². The number of carbonyl (C=O) groups is 1. The highest BCUT2D eigenvalue weighted by molar-refractivity contribution is 5.90. The number of aryl methyl sites for hydroxylation is 1. The largest absolute Gasteiger partial charge is 0.387 e. The third-order valence-corrected chi connectivity index (χ3v) is 6.29. The second-order valence-electron chi connectivity index (χ2n) is 9.44. The van der Waals surface area contributed by atoms with Crippen LogP contribution in [-0.2, 0) is 6.54 Å². The molecule has 33 heavy (non-hydrogen) atoms. The van der Waals surface area contributed by atoms with Crippen LogP contribution in [0.2, 0.25) is 0 Å². The molecule has 0 aliphatic carbocycles. The zero-order valence-corrected chi connectivity index (χ0v) is 19.9. The number of likely N-dealkylation sites (N-methyl/N-ethyl adjacent to an activating group) is 1. The second kappa shape index (κ2) is 9.45.